The van der Waals surface area contributed by atoms with E-state index in [1.54, 1.807) is 0 Å². The summed E-state index contributed by atoms with van der Waals surface area (Å²) in [6.07, 6.45) is 2.24. The lowest BCUT2D eigenvalue weighted by atomic mass is 9.81. The van der Waals surface area contributed by atoms with Gasteiger partial charge < -0.3 is 4.74 Å². The Bertz CT molecular complexity index is 130. The van der Waals surface area contributed by atoms with Crippen LogP contribution in [-0.2, 0) is 9.53 Å². The van der Waals surface area contributed by atoms with Gasteiger partial charge in [0.15, 0.2) is 0 Å². The van der Waals surface area contributed by atoms with Crippen molar-refractivity contribution in [3.63, 3.8) is 0 Å². The Balaban J connectivity index is 3.67. The average molecular weight is 171 g/mol. The van der Waals surface area contributed by atoms with E-state index in [4.69, 9.17) is 0 Å². The molecule has 0 rings (SSSR count). The molecule has 0 aromatic heterocycles. The van der Waals surface area contributed by atoms with Gasteiger partial charge >= 0.3 is 6.47 Å². The van der Waals surface area contributed by atoms with Crippen LogP contribution < -0.4 is 0 Å². The summed E-state index contributed by atoms with van der Waals surface area (Å²) in [5.41, 5.74) is 0.353. The van der Waals surface area contributed by atoms with Crippen LogP contribution in [0.5, 0.6) is 0 Å². The summed E-state index contributed by atoms with van der Waals surface area (Å²) in [6.45, 7) is 10.7. The molecule has 0 saturated carbocycles. The van der Waals surface area contributed by atoms with Gasteiger partial charge in [0.25, 0.3) is 0 Å². The van der Waals surface area contributed by atoms with Crippen LogP contribution in [0.15, 0.2) is 0 Å². The van der Waals surface area contributed by atoms with Crippen molar-refractivity contribution in [2.75, 3.05) is 6.61 Å². The van der Waals surface area contributed by atoms with Gasteiger partial charge in [0, 0.05) is 0 Å². The van der Waals surface area contributed by atoms with Crippen LogP contribution >= 0.6 is 0 Å². The third-order valence-electron chi connectivity index (χ3n) is 2.28. The van der Waals surface area contributed by atoms with Crippen molar-refractivity contribution in [3.05, 3.63) is 0 Å². The molecule has 0 saturated heterocycles. The monoisotopic (exact) mass is 171 g/mol. The van der Waals surface area contributed by atoms with Crippen LogP contribution in [0.1, 0.15) is 40.5 Å². The van der Waals surface area contributed by atoms with Gasteiger partial charge in [0.1, 0.15) is 0 Å². The van der Waals surface area contributed by atoms with E-state index in [2.05, 4.69) is 32.4 Å². The van der Waals surface area contributed by atoms with E-state index in [0.717, 1.165) is 12.8 Å². The predicted octanol–water partition coefficient (Wildman–Crippen LogP) is 2.53. The maximum Gasteiger partial charge on any atom is 0.417 e. The van der Waals surface area contributed by atoms with Crippen molar-refractivity contribution in [2.24, 2.45) is 11.3 Å². The molecule has 2 nitrogen and oxygen atoms in total. The van der Waals surface area contributed by atoms with Crippen molar-refractivity contribution in [1.82, 2.24) is 0 Å². The van der Waals surface area contributed by atoms with Crippen LogP contribution in [0.25, 0.3) is 0 Å². The normalized spacial score (nSPS) is 14.0. The van der Waals surface area contributed by atoms with Crippen molar-refractivity contribution in [2.45, 2.75) is 40.5 Å². The van der Waals surface area contributed by atoms with E-state index >= 15 is 0 Å². The van der Waals surface area contributed by atoms with Crippen molar-refractivity contribution < 1.29 is 9.53 Å². The molecule has 1 unspecified atom stereocenters. The molecule has 2 heteroatoms. The lowest BCUT2D eigenvalue weighted by molar-refractivity contribution is 0.179. The SMILES string of the molecule is CCC(C)(C)CC(C)CO[C]=O. The van der Waals surface area contributed by atoms with Gasteiger partial charge in [0.2, 0.25) is 0 Å². The van der Waals surface area contributed by atoms with Crippen LogP contribution in [-0.4, -0.2) is 13.1 Å². The summed E-state index contributed by atoms with van der Waals surface area (Å²) in [5.74, 6) is 0.432. The zero-order valence-electron chi connectivity index (χ0n) is 8.52. The second kappa shape index (κ2) is 5.18. The van der Waals surface area contributed by atoms with E-state index in [-0.39, 0.29) is 0 Å². The summed E-state index contributed by atoms with van der Waals surface area (Å²) in [4.78, 5) is 9.80. The van der Waals surface area contributed by atoms with Gasteiger partial charge in [0.05, 0.1) is 6.61 Å². The van der Waals surface area contributed by atoms with Crippen molar-refractivity contribution in [3.8, 4) is 0 Å². The first-order valence-corrected chi connectivity index (χ1v) is 4.50. The Hall–Kier alpha value is -0.530. The van der Waals surface area contributed by atoms with Crippen molar-refractivity contribution >= 4 is 6.47 Å². The second-order valence-electron chi connectivity index (χ2n) is 4.22. The number of hydrogen-bond acceptors (Lipinski definition) is 2. The van der Waals surface area contributed by atoms with Crippen LogP contribution in [0, 0.1) is 11.3 Å². The van der Waals surface area contributed by atoms with E-state index < -0.39 is 0 Å². The summed E-state index contributed by atoms with van der Waals surface area (Å²) in [5, 5.41) is 0. The first kappa shape index (κ1) is 11.5. The minimum absolute atomic E-state index is 0.353. The number of rotatable bonds is 6. The molecule has 0 fully saturated rings. The Labute approximate surface area is 75.3 Å². The number of hydrogen-bond donors (Lipinski definition) is 0. The van der Waals surface area contributed by atoms with Gasteiger partial charge in [-0.15, -0.1) is 0 Å². The summed E-state index contributed by atoms with van der Waals surface area (Å²) in [7, 11) is 0. The number of carbonyl (C=O) groups excluding carboxylic acids is 1. The fourth-order valence-electron chi connectivity index (χ4n) is 1.32. The molecule has 0 heterocycles. The van der Waals surface area contributed by atoms with E-state index in [1.807, 2.05) is 0 Å². The molecule has 0 aliphatic carbocycles. The van der Waals surface area contributed by atoms with Gasteiger partial charge in [-0.25, -0.2) is 4.79 Å². The molecular formula is C10H19O2. The van der Waals surface area contributed by atoms with Crippen molar-refractivity contribution in [1.29, 1.82) is 0 Å². The molecule has 0 amide bonds. The lowest BCUT2D eigenvalue weighted by Gasteiger charge is -2.25. The zero-order chi connectivity index (χ0) is 9.61. The third kappa shape index (κ3) is 5.16. The highest BCUT2D eigenvalue weighted by Crippen LogP contribution is 2.28. The molecule has 1 atom stereocenters. The molecular weight excluding hydrogens is 152 g/mol. The Morgan fingerprint density at radius 2 is 2.08 bits per heavy atom. The number of ether oxygens (including phenoxy) is 1. The maximum absolute atomic E-state index is 9.80. The van der Waals surface area contributed by atoms with E-state index in [1.165, 1.54) is 6.47 Å². The molecule has 0 aliphatic rings. The highest BCUT2D eigenvalue weighted by atomic mass is 16.5. The van der Waals surface area contributed by atoms with E-state index in [9.17, 15) is 4.79 Å². The second-order valence-corrected chi connectivity index (χ2v) is 4.22. The minimum Gasteiger partial charge on any atom is -0.457 e. The fourth-order valence-corrected chi connectivity index (χ4v) is 1.32. The van der Waals surface area contributed by atoms with Gasteiger partial charge in [-0.3, -0.25) is 0 Å². The van der Waals surface area contributed by atoms with Gasteiger partial charge in [-0.2, -0.15) is 0 Å². The molecule has 0 aliphatic heterocycles. The Kier molecular flexibility index (Phi) is 4.95. The highest BCUT2D eigenvalue weighted by Gasteiger charge is 2.18. The van der Waals surface area contributed by atoms with Gasteiger partial charge in [-0.1, -0.05) is 34.1 Å². The molecule has 0 bridgehead atoms. The standard InChI is InChI=1S/C10H19O2/c1-5-10(3,4)6-9(2)7-12-8-11/h9H,5-7H2,1-4H3. The van der Waals surface area contributed by atoms with Crippen LogP contribution in [0.3, 0.4) is 0 Å². The highest BCUT2D eigenvalue weighted by molar-refractivity contribution is 5.38. The Morgan fingerprint density at radius 3 is 2.50 bits per heavy atom. The quantitative estimate of drug-likeness (QED) is 0.614. The smallest absolute Gasteiger partial charge is 0.417 e. The van der Waals surface area contributed by atoms with Crippen LogP contribution in [0.4, 0.5) is 0 Å². The molecule has 1 radical (unpaired) electrons. The average Bonchev–Trinajstić information content (AvgIpc) is 2.00. The summed E-state index contributed by atoms with van der Waals surface area (Å²) >= 11 is 0. The van der Waals surface area contributed by atoms with Crippen LogP contribution in [0.2, 0.25) is 0 Å². The minimum atomic E-state index is 0.353. The first-order chi connectivity index (χ1) is 5.52. The third-order valence-corrected chi connectivity index (χ3v) is 2.28. The largest absolute Gasteiger partial charge is 0.457 e. The topological polar surface area (TPSA) is 26.3 Å². The molecule has 0 spiro atoms. The Morgan fingerprint density at radius 1 is 1.50 bits per heavy atom. The van der Waals surface area contributed by atoms with E-state index in [0.29, 0.717) is 17.9 Å². The summed E-state index contributed by atoms with van der Waals surface area (Å²) < 4.78 is 4.58. The lowest BCUT2D eigenvalue weighted by Crippen LogP contribution is -2.17. The maximum atomic E-state index is 9.80. The molecule has 12 heavy (non-hydrogen) atoms. The first-order valence-electron chi connectivity index (χ1n) is 4.50. The molecule has 0 aromatic rings. The van der Waals surface area contributed by atoms with Gasteiger partial charge in [-0.05, 0) is 17.8 Å². The predicted molar refractivity (Wildman–Crippen MR) is 49.5 cm³/mol. The molecule has 0 aromatic carbocycles. The summed E-state index contributed by atoms with van der Waals surface area (Å²) in [6, 6.07) is 0. The fraction of sp³-hybridized carbons (Fsp3) is 0.900. The zero-order valence-corrected chi connectivity index (χ0v) is 8.52. The molecule has 0 N–H and O–H groups in total. The molecule has 71 valence electrons.